The van der Waals surface area contributed by atoms with E-state index in [4.69, 9.17) is 2.78 Å². The molecular weight excluding hydrogens is 158 g/mol. The Kier molecular flexibility index (Phi) is 1.61. The highest BCUT2D eigenvalue weighted by Gasteiger charge is 2.05. The topological polar surface area (TPSA) is 12.0 Å². The zero-order valence-electron chi connectivity index (χ0n) is 9.57. The lowest BCUT2D eigenvalue weighted by Crippen LogP contribution is -2.14. The van der Waals surface area contributed by atoms with Gasteiger partial charge in [-0.15, -0.1) is 0 Å². The summed E-state index contributed by atoms with van der Waals surface area (Å²) in [5.41, 5.74) is 1.97. The van der Waals surface area contributed by atoms with Gasteiger partial charge in [0.15, 0.2) is 1.41 Å². The molecule has 0 aromatic heterocycles. The molecule has 1 heteroatoms. The van der Waals surface area contributed by atoms with E-state index < -0.39 is 6.02 Å². The number of nitrogens with one attached hydrogen (secondary N) is 1. The second-order valence-electron chi connectivity index (χ2n) is 3.08. The molecule has 1 nitrogen and oxygen atoms in total. The van der Waals surface area contributed by atoms with Crippen LogP contribution in [0.2, 0.25) is 1.41 Å². The molecule has 0 saturated carbocycles. The second-order valence-corrected chi connectivity index (χ2v) is 3.08. The Balaban J connectivity index is 2.41. The molecule has 0 amide bonds. The molecule has 0 fully saturated rings. The lowest BCUT2D eigenvalue weighted by atomic mass is 10.0. The number of hydrogen-bond donors (Lipinski definition) is 1. The molecule has 1 atom stereocenters. The molecule has 1 N–H and O–H groups in total. The van der Waals surface area contributed by atoms with Gasteiger partial charge in [0, 0.05) is 0 Å². The van der Waals surface area contributed by atoms with Crippen molar-refractivity contribution in [2.24, 2.45) is 0 Å². The second kappa shape index (κ2) is 3.48. The maximum Gasteiger partial charge on any atom is 0.160 e. The highest BCUT2D eigenvalue weighted by molar-refractivity contribution is 5.29. The number of aryl methyl sites for hydroxylation is 1. The van der Waals surface area contributed by atoms with Gasteiger partial charge in [0.25, 0.3) is 0 Å². The molecule has 1 aliphatic rings. The Hall–Kier alpha value is -1.50. The molecule has 0 saturated heterocycles. The van der Waals surface area contributed by atoms with E-state index in [1.807, 2.05) is 31.2 Å². The first kappa shape index (κ1) is 6.03. The van der Waals surface area contributed by atoms with Crippen LogP contribution in [0.15, 0.2) is 48.7 Å². The molecule has 66 valence electrons. The molecule has 1 unspecified atom stereocenters. The Morgan fingerprint density at radius 2 is 2.08 bits per heavy atom. The van der Waals surface area contributed by atoms with Crippen molar-refractivity contribution in [3.05, 3.63) is 59.8 Å². The first-order valence-corrected chi connectivity index (χ1v) is 4.34. The first-order chi connectivity index (χ1) is 7.13. The lowest BCUT2D eigenvalue weighted by Gasteiger charge is -2.15. The van der Waals surface area contributed by atoms with Crippen molar-refractivity contribution in [3.63, 3.8) is 0 Å². The van der Waals surface area contributed by atoms with Crippen molar-refractivity contribution in [2.75, 3.05) is 0 Å². The van der Waals surface area contributed by atoms with Crippen molar-refractivity contribution in [3.8, 4) is 0 Å². The van der Waals surface area contributed by atoms with Crippen molar-refractivity contribution in [2.45, 2.75) is 12.9 Å². The predicted octanol–water partition coefficient (Wildman–Crippen LogP) is 2.71. The van der Waals surface area contributed by atoms with E-state index in [1.165, 1.54) is 0 Å². The lowest BCUT2D eigenvalue weighted by molar-refractivity contribution is 0.746. The van der Waals surface area contributed by atoms with E-state index in [2.05, 4.69) is 0 Å². The summed E-state index contributed by atoms with van der Waals surface area (Å²) in [5, 5.41) is 1.15. The van der Waals surface area contributed by atoms with Crippen LogP contribution in [0.25, 0.3) is 0 Å². The van der Waals surface area contributed by atoms with Gasteiger partial charge in [0.05, 0.1) is 7.39 Å². The molecule has 1 heterocycles. The van der Waals surface area contributed by atoms with Crippen molar-refractivity contribution in [1.82, 2.24) is 5.31 Å². The fourth-order valence-corrected chi connectivity index (χ4v) is 1.26. The fraction of sp³-hybridized carbons (Fsp3) is 0.167. The summed E-state index contributed by atoms with van der Waals surface area (Å²) in [6, 6.07) is 6.63. The van der Waals surface area contributed by atoms with Crippen LogP contribution in [0, 0.1) is 6.92 Å². The van der Waals surface area contributed by atoms with Crippen molar-refractivity contribution >= 4 is 0 Å². The largest absolute Gasteiger partial charge is 0.381 e. The smallest absolute Gasteiger partial charge is 0.160 e. The van der Waals surface area contributed by atoms with Gasteiger partial charge in [-0.3, -0.25) is 0 Å². The summed E-state index contributed by atoms with van der Waals surface area (Å²) >= 11 is 0. The molecule has 1 aliphatic heterocycles. The minimum absolute atomic E-state index is 0.809. The quantitative estimate of drug-likeness (QED) is 0.688. The molecule has 1 aromatic carbocycles. The predicted molar refractivity (Wildman–Crippen MR) is 55.3 cm³/mol. The van der Waals surface area contributed by atoms with Gasteiger partial charge in [-0.2, -0.15) is 0 Å². The highest BCUT2D eigenvalue weighted by atomic mass is 14.9. The normalized spacial score (nSPS) is 28.5. The molecule has 13 heavy (non-hydrogen) atoms. The van der Waals surface area contributed by atoms with Gasteiger partial charge >= 0.3 is 0 Å². The van der Waals surface area contributed by atoms with E-state index in [-0.39, 0.29) is 0 Å². The third kappa shape index (κ3) is 1.81. The first-order valence-electron chi connectivity index (χ1n) is 5.29. The zero-order valence-corrected chi connectivity index (χ0v) is 7.57. The number of allylic oxidation sites excluding steroid dienone is 2. The summed E-state index contributed by atoms with van der Waals surface area (Å²) in [6.07, 6.45) is 6.86. The van der Waals surface area contributed by atoms with Gasteiger partial charge in [-0.05, 0) is 24.8 Å². The third-order valence-corrected chi connectivity index (χ3v) is 2.01. The minimum Gasteiger partial charge on any atom is -0.381 e. The van der Waals surface area contributed by atoms with E-state index in [0.29, 0.717) is 0 Å². The maximum absolute atomic E-state index is 8.24. The SMILES string of the molecule is [2H]N1C=CC=CC1([2H])c1ccc(C)cc1. The Bertz CT molecular complexity index is 408. The maximum atomic E-state index is 8.24. The highest BCUT2D eigenvalue weighted by Crippen LogP contribution is 2.16. The Morgan fingerprint density at radius 3 is 2.77 bits per heavy atom. The van der Waals surface area contributed by atoms with E-state index in [9.17, 15) is 0 Å². The van der Waals surface area contributed by atoms with Crippen LogP contribution in [0.5, 0.6) is 0 Å². The third-order valence-electron chi connectivity index (χ3n) is 2.01. The Labute approximate surface area is 81.7 Å². The molecule has 1 aromatic rings. The number of hydrogen-bond acceptors (Lipinski definition) is 1. The molecule has 0 aliphatic carbocycles. The summed E-state index contributed by atoms with van der Waals surface area (Å²) in [6.45, 7) is 2.01. The van der Waals surface area contributed by atoms with Gasteiger partial charge in [0.1, 0.15) is 0 Å². The molecular formula is C12H13N. The molecule has 0 radical (unpaired) electrons. The number of benzene rings is 1. The molecule has 0 bridgehead atoms. The van der Waals surface area contributed by atoms with Crippen LogP contribution in [0.1, 0.15) is 18.5 Å². The van der Waals surface area contributed by atoms with Crippen LogP contribution >= 0.6 is 0 Å². The van der Waals surface area contributed by atoms with Gasteiger partial charge < -0.3 is 5.31 Å². The monoisotopic (exact) mass is 173 g/mol. The average molecular weight is 173 g/mol. The molecule has 2 rings (SSSR count). The Morgan fingerprint density at radius 1 is 1.31 bits per heavy atom. The summed E-state index contributed by atoms with van der Waals surface area (Å²) in [4.78, 5) is 0. The summed E-state index contributed by atoms with van der Waals surface area (Å²) < 4.78 is 16.0. The van der Waals surface area contributed by atoms with Gasteiger partial charge in [-0.25, -0.2) is 0 Å². The minimum atomic E-state index is -1.09. The average Bonchev–Trinajstić information content (AvgIpc) is 2.23. The standard InChI is InChI=1S/C12H13N/c1-10-5-7-11(8-6-10)12-4-2-3-9-13-12/h2-9,12-13H,1H3/i12D/hD. The molecule has 0 spiro atoms. The summed E-state index contributed by atoms with van der Waals surface area (Å²) in [7, 11) is 0. The van der Waals surface area contributed by atoms with Gasteiger partial charge in [0.2, 0.25) is 0 Å². The van der Waals surface area contributed by atoms with Gasteiger partial charge in [-0.1, -0.05) is 42.0 Å². The van der Waals surface area contributed by atoms with E-state index in [0.717, 1.165) is 16.4 Å². The van der Waals surface area contributed by atoms with E-state index in [1.54, 1.807) is 24.4 Å². The number of dihydropyridines is 1. The number of rotatable bonds is 1. The van der Waals surface area contributed by atoms with Crippen LogP contribution in [0.3, 0.4) is 0 Å². The summed E-state index contributed by atoms with van der Waals surface area (Å²) in [5.74, 6) is 0. The zero-order chi connectivity index (χ0) is 10.9. The fourth-order valence-electron chi connectivity index (χ4n) is 1.26. The van der Waals surface area contributed by atoms with Crippen molar-refractivity contribution in [1.29, 1.82) is 0 Å². The van der Waals surface area contributed by atoms with Crippen LogP contribution < -0.4 is 5.31 Å². The van der Waals surface area contributed by atoms with E-state index >= 15 is 0 Å². The van der Waals surface area contributed by atoms with Crippen LogP contribution in [-0.2, 0) is 0 Å². The van der Waals surface area contributed by atoms with Crippen LogP contribution in [-0.4, -0.2) is 0 Å². The van der Waals surface area contributed by atoms with Crippen LogP contribution in [0.4, 0.5) is 0 Å². The van der Waals surface area contributed by atoms with Crippen molar-refractivity contribution < 1.29 is 2.78 Å².